The van der Waals surface area contributed by atoms with Crippen LogP contribution in [-0.2, 0) is 23.9 Å². The van der Waals surface area contributed by atoms with Gasteiger partial charge in [-0.05, 0) is 12.8 Å². The number of ketones is 1. The average Bonchev–Trinajstić information content (AvgIpc) is 2.55. The van der Waals surface area contributed by atoms with E-state index in [1.165, 1.54) is 0 Å². The number of esters is 2. The molecule has 1 aliphatic carbocycles. The number of carbonyl (C=O) groups is 3. The van der Waals surface area contributed by atoms with Gasteiger partial charge >= 0.3 is 11.9 Å². The number of ether oxygens (including phenoxy) is 2. The molecule has 0 aromatic carbocycles. The third-order valence-electron chi connectivity index (χ3n) is 4.33. The molecule has 0 aromatic heterocycles. The third kappa shape index (κ3) is 3.50. The summed E-state index contributed by atoms with van der Waals surface area (Å²) in [6, 6.07) is 3.43. The molecule has 23 heavy (non-hydrogen) atoms. The van der Waals surface area contributed by atoms with E-state index >= 15 is 0 Å². The summed E-state index contributed by atoms with van der Waals surface area (Å²) in [5.74, 6) is -5.12. The number of methoxy groups -OCH3 is 2. The minimum Gasteiger partial charge on any atom is -0.468 e. The summed E-state index contributed by atoms with van der Waals surface area (Å²) >= 11 is 0. The monoisotopic (exact) mass is 320 g/mol. The lowest BCUT2D eigenvalue weighted by Crippen LogP contribution is -2.50. The van der Waals surface area contributed by atoms with Gasteiger partial charge in [0.25, 0.3) is 0 Å². The summed E-state index contributed by atoms with van der Waals surface area (Å²) < 4.78 is 9.24. The van der Waals surface area contributed by atoms with Gasteiger partial charge in [-0.15, -0.1) is 0 Å². The van der Waals surface area contributed by atoms with Crippen molar-refractivity contribution in [3.05, 3.63) is 0 Å². The predicted octanol–water partition coefficient (Wildman–Crippen LogP) is 1.52. The number of Topliss-reactive ketones (excluding diaryl/α,β-unsaturated/α-hetero) is 1. The van der Waals surface area contributed by atoms with E-state index < -0.39 is 29.2 Å². The minimum absolute atomic E-state index is 0.213. The number of carbonyl (C=O) groups excluding carboxylic acids is 3. The van der Waals surface area contributed by atoms with Crippen molar-refractivity contribution in [2.75, 3.05) is 14.2 Å². The second kappa shape index (κ2) is 8.28. The van der Waals surface area contributed by atoms with Gasteiger partial charge in [0.1, 0.15) is 5.78 Å². The Hall–Kier alpha value is -2.41. The van der Waals surface area contributed by atoms with Gasteiger partial charge in [0.15, 0.2) is 11.3 Å². The first-order valence-corrected chi connectivity index (χ1v) is 7.49. The molecule has 1 rings (SSSR count). The van der Waals surface area contributed by atoms with E-state index in [1.807, 2.05) is 0 Å². The molecule has 3 atom stereocenters. The van der Waals surface area contributed by atoms with Crippen LogP contribution in [0.2, 0.25) is 0 Å². The van der Waals surface area contributed by atoms with Crippen molar-refractivity contribution in [3.8, 4) is 12.1 Å². The van der Waals surface area contributed by atoms with Crippen LogP contribution >= 0.6 is 0 Å². The molecule has 0 heterocycles. The Bertz CT molecular complexity index is 560. The number of hydrogen-bond acceptors (Lipinski definition) is 7. The van der Waals surface area contributed by atoms with Gasteiger partial charge in [-0.3, -0.25) is 14.4 Å². The molecule has 0 bridgehead atoms. The lowest BCUT2D eigenvalue weighted by atomic mass is 9.63. The Morgan fingerprint density at radius 2 is 1.83 bits per heavy atom. The van der Waals surface area contributed by atoms with E-state index in [2.05, 4.69) is 9.47 Å². The molecule has 0 aromatic rings. The van der Waals surface area contributed by atoms with Crippen molar-refractivity contribution in [1.82, 2.24) is 0 Å². The molecule has 124 valence electrons. The summed E-state index contributed by atoms with van der Waals surface area (Å²) in [4.78, 5) is 36.8. The largest absolute Gasteiger partial charge is 0.468 e. The van der Waals surface area contributed by atoms with Crippen LogP contribution in [0.15, 0.2) is 0 Å². The molecule has 0 spiro atoms. The Kier molecular flexibility index (Phi) is 6.71. The van der Waals surface area contributed by atoms with Gasteiger partial charge in [-0.25, -0.2) is 0 Å². The van der Waals surface area contributed by atoms with E-state index in [0.717, 1.165) is 27.1 Å². The van der Waals surface area contributed by atoms with Gasteiger partial charge in [-0.1, -0.05) is 19.3 Å². The zero-order valence-corrected chi connectivity index (χ0v) is 13.3. The van der Waals surface area contributed by atoms with E-state index in [9.17, 15) is 24.9 Å². The molecule has 7 heteroatoms. The zero-order chi connectivity index (χ0) is 17.5. The first kappa shape index (κ1) is 18.6. The first-order chi connectivity index (χ1) is 11.0. The van der Waals surface area contributed by atoms with Gasteiger partial charge < -0.3 is 9.47 Å². The summed E-state index contributed by atoms with van der Waals surface area (Å²) in [5.41, 5.74) is -2.18. The molecule has 3 unspecified atom stereocenters. The van der Waals surface area contributed by atoms with E-state index in [1.54, 1.807) is 12.1 Å². The van der Waals surface area contributed by atoms with Crippen LogP contribution in [-0.4, -0.2) is 31.9 Å². The van der Waals surface area contributed by atoms with Crippen LogP contribution in [0.4, 0.5) is 0 Å². The number of nitrogens with zero attached hydrogens (tertiary/aromatic N) is 2. The normalized spacial score (nSPS) is 22.3. The highest BCUT2D eigenvalue weighted by Crippen LogP contribution is 2.42. The highest BCUT2D eigenvalue weighted by atomic mass is 16.5. The highest BCUT2D eigenvalue weighted by Gasteiger charge is 2.59. The number of nitriles is 2. The molecule has 1 fully saturated rings. The summed E-state index contributed by atoms with van der Waals surface area (Å²) in [6.45, 7) is 0. The third-order valence-corrected chi connectivity index (χ3v) is 4.33. The zero-order valence-electron chi connectivity index (χ0n) is 13.3. The second-order valence-corrected chi connectivity index (χ2v) is 5.53. The maximum absolute atomic E-state index is 12.5. The van der Waals surface area contributed by atoms with Crippen LogP contribution < -0.4 is 0 Å². The Labute approximate surface area is 135 Å². The lowest BCUT2D eigenvalue weighted by Gasteiger charge is -2.34. The Morgan fingerprint density at radius 3 is 2.35 bits per heavy atom. The fourth-order valence-electron chi connectivity index (χ4n) is 3.09. The van der Waals surface area contributed by atoms with Crippen LogP contribution in [0.3, 0.4) is 0 Å². The fourth-order valence-corrected chi connectivity index (χ4v) is 3.09. The Morgan fingerprint density at radius 1 is 1.17 bits per heavy atom. The molecular weight excluding hydrogens is 300 g/mol. The van der Waals surface area contributed by atoms with E-state index in [0.29, 0.717) is 12.8 Å². The van der Waals surface area contributed by atoms with Crippen molar-refractivity contribution in [2.24, 2.45) is 17.3 Å². The van der Waals surface area contributed by atoms with Gasteiger partial charge in [0.05, 0.1) is 26.4 Å². The number of hydrogen-bond donors (Lipinski definition) is 0. The highest BCUT2D eigenvalue weighted by molar-refractivity contribution is 5.96. The Balaban J connectivity index is 3.46. The van der Waals surface area contributed by atoms with Gasteiger partial charge in [-0.2, -0.15) is 10.5 Å². The summed E-state index contributed by atoms with van der Waals surface area (Å²) in [5, 5.41) is 19.1. The predicted molar refractivity (Wildman–Crippen MR) is 77.4 cm³/mol. The number of rotatable bonds is 4. The molecule has 0 aliphatic heterocycles. The second-order valence-electron chi connectivity index (χ2n) is 5.53. The first-order valence-electron chi connectivity index (χ1n) is 7.49. The van der Waals surface area contributed by atoms with Crippen molar-refractivity contribution >= 4 is 17.7 Å². The molecule has 0 radical (unpaired) electrons. The quantitative estimate of drug-likeness (QED) is 0.721. The molecule has 0 amide bonds. The maximum atomic E-state index is 12.5. The molecule has 0 N–H and O–H groups in total. The maximum Gasteiger partial charge on any atom is 0.328 e. The SMILES string of the molecule is COC(=O)C(C#N)C(C#N)(C(=O)OC)C1CCCCCCC1=O. The topological polar surface area (TPSA) is 117 Å². The molecular formula is C16H20N2O5. The van der Waals surface area contributed by atoms with Crippen LogP contribution in [0.5, 0.6) is 0 Å². The molecule has 0 saturated heterocycles. The van der Waals surface area contributed by atoms with Gasteiger partial charge in [0, 0.05) is 12.3 Å². The van der Waals surface area contributed by atoms with Crippen LogP contribution in [0.1, 0.15) is 38.5 Å². The van der Waals surface area contributed by atoms with E-state index in [4.69, 9.17) is 0 Å². The smallest absolute Gasteiger partial charge is 0.328 e. The minimum atomic E-state index is -2.18. The lowest BCUT2D eigenvalue weighted by molar-refractivity contribution is -0.165. The van der Waals surface area contributed by atoms with Crippen molar-refractivity contribution in [1.29, 1.82) is 10.5 Å². The van der Waals surface area contributed by atoms with Crippen molar-refractivity contribution < 1.29 is 23.9 Å². The summed E-state index contributed by atoms with van der Waals surface area (Å²) in [7, 11) is 2.12. The standard InChI is InChI=1S/C16H20N2O5/c1-22-14(20)12(9-17)16(10-18,15(21)23-2)11-7-5-3-4-6-8-13(11)19/h11-12H,3-8H2,1-2H3. The van der Waals surface area contributed by atoms with Crippen molar-refractivity contribution in [2.45, 2.75) is 38.5 Å². The summed E-state index contributed by atoms with van der Waals surface area (Å²) in [6.07, 6.45) is 3.53. The van der Waals surface area contributed by atoms with Crippen molar-refractivity contribution in [3.63, 3.8) is 0 Å². The van der Waals surface area contributed by atoms with Gasteiger partial charge in [0.2, 0.25) is 0 Å². The van der Waals surface area contributed by atoms with Crippen LogP contribution in [0.25, 0.3) is 0 Å². The van der Waals surface area contributed by atoms with Crippen LogP contribution in [0, 0.1) is 39.9 Å². The molecule has 1 saturated carbocycles. The van der Waals surface area contributed by atoms with E-state index in [-0.39, 0.29) is 18.6 Å². The molecule has 7 nitrogen and oxygen atoms in total. The average molecular weight is 320 g/mol. The fraction of sp³-hybridized carbons (Fsp3) is 0.688. The molecule has 1 aliphatic rings.